The van der Waals surface area contributed by atoms with Gasteiger partial charge in [0.1, 0.15) is 0 Å². The van der Waals surface area contributed by atoms with Gasteiger partial charge in [-0.15, -0.1) is 19.7 Å². The summed E-state index contributed by atoms with van der Waals surface area (Å²) in [6.45, 7) is 12.7. The topological polar surface area (TPSA) is 0 Å². The lowest BCUT2D eigenvalue weighted by Gasteiger charge is -1.76. The first-order valence-corrected chi connectivity index (χ1v) is 4.27. The Kier molecular flexibility index (Phi) is 18.6. The first-order valence-electron chi connectivity index (χ1n) is 4.27. The minimum Gasteiger partial charge on any atom is -0.103 e. The van der Waals surface area contributed by atoms with Gasteiger partial charge in [-0.05, 0) is 26.2 Å². The van der Waals surface area contributed by atoms with Gasteiger partial charge in [0.15, 0.2) is 0 Å². The van der Waals surface area contributed by atoms with Gasteiger partial charge >= 0.3 is 0 Å². The lowest BCUT2D eigenvalue weighted by Crippen LogP contribution is -1.56. The normalized spacial score (nSPS) is 8.42. The minimum absolute atomic E-state index is 0.997. The van der Waals surface area contributed by atoms with Gasteiger partial charge in [0.25, 0.3) is 0 Å². The van der Waals surface area contributed by atoms with E-state index < -0.39 is 0 Å². The van der Waals surface area contributed by atoms with Gasteiger partial charge in [-0.1, -0.05) is 30.4 Å². The molecule has 0 aromatic heterocycles. The van der Waals surface area contributed by atoms with E-state index in [1.54, 1.807) is 0 Å². The molecule has 0 radical (unpaired) electrons. The van der Waals surface area contributed by atoms with Crippen molar-refractivity contribution in [2.75, 3.05) is 0 Å². The van der Waals surface area contributed by atoms with E-state index in [0.717, 1.165) is 19.3 Å². The lowest BCUT2D eigenvalue weighted by molar-refractivity contribution is 1.06. The number of rotatable bonds is 5. The molecule has 0 heteroatoms. The quantitative estimate of drug-likeness (QED) is 0.420. The maximum absolute atomic E-state index is 3.55. The van der Waals surface area contributed by atoms with Gasteiger partial charge in [0.05, 0.1) is 0 Å². The molecule has 0 N–H and O–H groups in total. The zero-order chi connectivity index (χ0) is 9.66. The molecular formula is C12H20. The third kappa shape index (κ3) is 23.1. The molecule has 12 heavy (non-hydrogen) atoms. The average molecular weight is 164 g/mol. The van der Waals surface area contributed by atoms with Crippen LogP contribution in [0.1, 0.15) is 26.2 Å². The van der Waals surface area contributed by atoms with Crippen LogP contribution in [-0.4, -0.2) is 0 Å². The van der Waals surface area contributed by atoms with Crippen molar-refractivity contribution < 1.29 is 0 Å². The van der Waals surface area contributed by atoms with Gasteiger partial charge < -0.3 is 0 Å². The fourth-order valence-corrected chi connectivity index (χ4v) is 0.468. The molecule has 0 amide bonds. The van der Waals surface area contributed by atoms with E-state index in [-0.39, 0.29) is 0 Å². The standard InChI is InChI=1S/2C6H10/c2*1-3-5-6-4-2/h3-4,6H,1,5H2,2H3;3-4H,1-2,5-6H2/b6-4+;. The molecule has 0 fully saturated rings. The zero-order valence-electron chi connectivity index (χ0n) is 8.13. The zero-order valence-corrected chi connectivity index (χ0v) is 8.13. The van der Waals surface area contributed by atoms with Crippen molar-refractivity contribution in [3.05, 3.63) is 50.1 Å². The third-order valence-corrected chi connectivity index (χ3v) is 1.11. The molecule has 0 unspecified atom stereocenters. The fourth-order valence-electron chi connectivity index (χ4n) is 0.468. The lowest BCUT2D eigenvalue weighted by atomic mass is 10.3. The van der Waals surface area contributed by atoms with Crippen LogP contribution in [-0.2, 0) is 0 Å². The monoisotopic (exact) mass is 164 g/mol. The SMILES string of the molecule is C=CC/C=C/C.C=CCCC=C. The molecule has 0 rings (SSSR count). The molecule has 0 aliphatic carbocycles. The van der Waals surface area contributed by atoms with Crippen LogP contribution in [0.2, 0.25) is 0 Å². The molecule has 0 saturated heterocycles. The number of hydrogen-bond acceptors (Lipinski definition) is 0. The van der Waals surface area contributed by atoms with Crippen molar-refractivity contribution in [3.8, 4) is 0 Å². The van der Waals surface area contributed by atoms with Gasteiger partial charge in [-0.2, -0.15) is 0 Å². The Morgan fingerprint density at radius 1 is 0.917 bits per heavy atom. The third-order valence-electron chi connectivity index (χ3n) is 1.11. The van der Waals surface area contributed by atoms with Crippen molar-refractivity contribution >= 4 is 0 Å². The maximum atomic E-state index is 3.55. The Balaban J connectivity index is 0. The van der Waals surface area contributed by atoms with Crippen molar-refractivity contribution in [2.24, 2.45) is 0 Å². The number of unbranched alkanes of at least 4 members (excludes halogenated alkanes) is 1. The summed E-state index contributed by atoms with van der Waals surface area (Å²) in [5.74, 6) is 0. The van der Waals surface area contributed by atoms with E-state index in [1.807, 2.05) is 31.2 Å². The summed E-state index contributed by atoms with van der Waals surface area (Å²) in [7, 11) is 0. The van der Waals surface area contributed by atoms with Crippen LogP contribution in [0, 0.1) is 0 Å². The molecule has 0 atom stereocenters. The number of allylic oxidation sites excluding steroid dienone is 5. The van der Waals surface area contributed by atoms with Gasteiger partial charge in [0, 0.05) is 0 Å². The second-order valence-corrected chi connectivity index (χ2v) is 2.25. The molecule has 0 spiro atoms. The van der Waals surface area contributed by atoms with Crippen LogP contribution < -0.4 is 0 Å². The Morgan fingerprint density at radius 3 is 1.58 bits per heavy atom. The van der Waals surface area contributed by atoms with Gasteiger partial charge in [0.2, 0.25) is 0 Å². The Morgan fingerprint density at radius 2 is 1.42 bits per heavy atom. The van der Waals surface area contributed by atoms with E-state index in [1.165, 1.54) is 0 Å². The highest BCUT2D eigenvalue weighted by Gasteiger charge is 1.66. The van der Waals surface area contributed by atoms with Gasteiger partial charge in [-0.25, -0.2) is 0 Å². The van der Waals surface area contributed by atoms with Crippen molar-refractivity contribution in [1.29, 1.82) is 0 Å². The Labute approximate surface area is 77.0 Å². The largest absolute Gasteiger partial charge is 0.103 e. The highest BCUT2D eigenvalue weighted by Crippen LogP contribution is 1.86. The summed E-state index contributed by atoms with van der Waals surface area (Å²) in [6, 6.07) is 0. The average Bonchev–Trinajstić information content (AvgIpc) is 2.12. The van der Waals surface area contributed by atoms with E-state index in [2.05, 4.69) is 25.8 Å². The summed E-state index contributed by atoms with van der Waals surface area (Å²) in [4.78, 5) is 0. The van der Waals surface area contributed by atoms with Crippen LogP contribution in [0.3, 0.4) is 0 Å². The molecule has 0 aliphatic rings. The highest BCUT2D eigenvalue weighted by atomic mass is 13.7. The van der Waals surface area contributed by atoms with E-state index in [0.29, 0.717) is 0 Å². The first kappa shape index (κ1) is 13.5. The van der Waals surface area contributed by atoms with Crippen LogP contribution in [0.4, 0.5) is 0 Å². The summed E-state index contributed by atoms with van der Waals surface area (Å²) in [6.07, 6.45) is 12.8. The molecule has 0 saturated carbocycles. The molecule has 68 valence electrons. The molecule has 0 aliphatic heterocycles. The second kappa shape index (κ2) is 16.5. The highest BCUT2D eigenvalue weighted by molar-refractivity contribution is 4.85. The summed E-state index contributed by atoms with van der Waals surface area (Å²) in [5, 5.41) is 0. The van der Waals surface area contributed by atoms with E-state index in [4.69, 9.17) is 0 Å². The Bertz CT molecular complexity index is 121. The fraction of sp³-hybridized carbons (Fsp3) is 0.333. The van der Waals surface area contributed by atoms with Crippen LogP contribution in [0.15, 0.2) is 50.1 Å². The van der Waals surface area contributed by atoms with E-state index >= 15 is 0 Å². The van der Waals surface area contributed by atoms with Crippen molar-refractivity contribution in [1.82, 2.24) is 0 Å². The summed E-state index contributed by atoms with van der Waals surface area (Å²) < 4.78 is 0. The molecule has 0 heterocycles. The number of hydrogen-bond donors (Lipinski definition) is 0. The minimum atomic E-state index is 0.997. The molecule has 0 nitrogen and oxygen atoms in total. The van der Waals surface area contributed by atoms with E-state index in [9.17, 15) is 0 Å². The van der Waals surface area contributed by atoms with Crippen molar-refractivity contribution in [3.63, 3.8) is 0 Å². The first-order chi connectivity index (χ1) is 5.83. The predicted octanol–water partition coefficient (Wildman–Crippen LogP) is 4.28. The molecule has 0 aromatic rings. The van der Waals surface area contributed by atoms with Crippen molar-refractivity contribution in [2.45, 2.75) is 26.2 Å². The predicted molar refractivity (Wildman–Crippen MR) is 59.3 cm³/mol. The summed E-state index contributed by atoms with van der Waals surface area (Å²) in [5.41, 5.74) is 0. The van der Waals surface area contributed by atoms with Crippen LogP contribution >= 0.6 is 0 Å². The Hall–Kier alpha value is -1.04. The van der Waals surface area contributed by atoms with Crippen LogP contribution in [0.25, 0.3) is 0 Å². The molecular weight excluding hydrogens is 144 g/mol. The van der Waals surface area contributed by atoms with Gasteiger partial charge in [-0.3, -0.25) is 0 Å². The second-order valence-electron chi connectivity index (χ2n) is 2.25. The molecule has 0 aromatic carbocycles. The smallest absolute Gasteiger partial charge is 0.0172 e. The van der Waals surface area contributed by atoms with Crippen LogP contribution in [0.5, 0.6) is 0 Å². The molecule has 0 bridgehead atoms. The summed E-state index contributed by atoms with van der Waals surface area (Å²) >= 11 is 0. The maximum Gasteiger partial charge on any atom is -0.0172 e.